The molecule has 0 atom stereocenters. The van der Waals surface area contributed by atoms with Crippen molar-refractivity contribution in [1.29, 1.82) is 0 Å². The van der Waals surface area contributed by atoms with Gasteiger partial charge in [-0.3, -0.25) is 9.78 Å². The van der Waals surface area contributed by atoms with Gasteiger partial charge in [-0.15, -0.1) is 0 Å². The molecule has 20 heavy (non-hydrogen) atoms. The fourth-order valence-electron chi connectivity index (χ4n) is 2.22. The Labute approximate surface area is 117 Å². The first-order chi connectivity index (χ1) is 9.66. The van der Waals surface area contributed by atoms with Gasteiger partial charge in [0.1, 0.15) is 0 Å². The molecule has 0 amide bonds. The number of hydrogen-bond donors (Lipinski definition) is 1. The topological polar surface area (TPSA) is 56.0 Å². The van der Waals surface area contributed by atoms with E-state index in [4.69, 9.17) is 5.73 Å². The maximum absolute atomic E-state index is 12.6. The van der Waals surface area contributed by atoms with Crippen molar-refractivity contribution < 1.29 is 4.79 Å². The molecular formula is C17H14N2O. The predicted octanol–water partition coefficient (Wildman–Crippen LogP) is 3.36. The normalized spacial score (nSPS) is 10.7. The number of aromatic nitrogens is 1. The summed E-state index contributed by atoms with van der Waals surface area (Å²) >= 11 is 0. The van der Waals surface area contributed by atoms with Gasteiger partial charge in [-0.2, -0.15) is 0 Å². The van der Waals surface area contributed by atoms with Gasteiger partial charge in [0.25, 0.3) is 0 Å². The number of pyridine rings is 1. The molecule has 3 nitrogen and oxygen atoms in total. The molecule has 0 saturated carbocycles. The third-order valence-electron chi connectivity index (χ3n) is 3.42. The summed E-state index contributed by atoms with van der Waals surface area (Å²) in [5.41, 5.74) is 9.39. The lowest BCUT2D eigenvalue weighted by molar-refractivity contribution is 0.104. The van der Waals surface area contributed by atoms with E-state index in [2.05, 4.69) is 4.98 Å². The van der Waals surface area contributed by atoms with Crippen molar-refractivity contribution in [2.24, 2.45) is 0 Å². The Morgan fingerprint density at radius 2 is 1.90 bits per heavy atom. The molecule has 1 aromatic heterocycles. The van der Waals surface area contributed by atoms with Crippen LogP contribution in [0.1, 0.15) is 21.5 Å². The Morgan fingerprint density at radius 1 is 1.10 bits per heavy atom. The van der Waals surface area contributed by atoms with E-state index in [1.807, 2.05) is 37.3 Å². The lowest BCUT2D eigenvalue weighted by atomic mass is 9.99. The number of aryl methyl sites for hydroxylation is 1. The van der Waals surface area contributed by atoms with E-state index in [0.29, 0.717) is 16.8 Å². The van der Waals surface area contributed by atoms with Crippen LogP contribution in [0.25, 0.3) is 10.9 Å². The van der Waals surface area contributed by atoms with Crippen molar-refractivity contribution in [1.82, 2.24) is 4.98 Å². The number of nitrogens with zero attached hydrogens (tertiary/aromatic N) is 1. The van der Waals surface area contributed by atoms with E-state index in [9.17, 15) is 4.79 Å². The van der Waals surface area contributed by atoms with E-state index >= 15 is 0 Å². The van der Waals surface area contributed by atoms with Gasteiger partial charge < -0.3 is 5.73 Å². The summed E-state index contributed by atoms with van der Waals surface area (Å²) in [6.07, 6.45) is 1.70. The minimum atomic E-state index is -0.0546. The number of nitrogen functional groups attached to an aromatic ring is 1. The molecule has 1 heterocycles. The number of hydrogen-bond acceptors (Lipinski definition) is 3. The number of carbonyl (C=O) groups excluding carboxylic acids is 1. The van der Waals surface area contributed by atoms with Crippen LogP contribution in [0.4, 0.5) is 5.69 Å². The Morgan fingerprint density at radius 3 is 2.70 bits per heavy atom. The van der Waals surface area contributed by atoms with Crippen LogP contribution in [-0.2, 0) is 0 Å². The van der Waals surface area contributed by atoms with Crippen LogP contribution >= 0.6 is 0 Å². The monoisotopic (exact) mass is 262 g/mol. The average molecular weight is 262 g/mol. The quantitative estimate of drug-likeness (QED) is 0.569. The molecule has 0 aliphatic rings. The van der Waals surface area contributed by atoms with Gasteiger partial charge in [0.15, 0.2) is 5.78 Å². The Hall–Kier alpha value is -2.68. The number of ketones is 1. The molecule has 98 valence electrons. The molecule has 0 bridgehead atoms. The fourth-order valence-corrected chi connectivity index (χ4v) is 2.22. The highest BCUT2D eigenvalue weighted by Crippen LogP contribution is 2.21. The van der Waals surface area contributed by atoms with Crippen molar-refractivity contribution in [3.8, 4) is 0 Å². The van der Waals surface area contributed by atoms with Gasteiger partial charge in [0, 0.05) is 28.4 Å². The van der Waals surface area contributed by atoms with Crippen LogP contribution < -0.4 is 5.73 Å². The first-order valence-corrected chi connectivity index (χ1v) is 6.41. The van der Waals surface area contributed by atoms with E-state index in [0.717, 1.165) is 16.5 Å². The third-order valence-corrected chi connectivity index (χ3v) is 3.42. The minimum Gasteiger partial charge on any atom is -0.398 e. The zero-order valence-corrected chi connectivity index (χ0v) is 11.1. The van der Waals surface area contributed by atoms with Crippen LogP contribution in [0.2, 0.25) is 0 Å². The molecule has 0 spiro atoms. The smallest absolute Gasteiger partial charge is 0.195 e. The number of nitrogens with two attached hydrogens (primary N) is 1. The molecule has 0 aliphatic heterocycles. The summed E-state index contributed by atoms with van der Waals surface area (Å²) in [6, 6.07) is 14.8. The number of rotatable bonds is 2. The molecule has 3 aromatic rings. The zero-order valence-electron chi connectivity index (χ0n) is 11.1. The zero-order chi connectivity index (χ0) is 14.1. The molecule has 3 heteroatoms. The van der Waals surface area contributed by atoms with Gasteiger partial charge in [-0.1, -0.05) is 30.3 Å². The van der Waals surface area contributed by atoms with Crippen LogP contribution in [0.3, 0.4) is 0 Å². The highest BCUT2D eigenvalue weighted by Gasteiger charge is 2.13. The lowest BCUT2D eigenvalue weighted by Gasteiger charge is -2.07. The van der Waals surface area contributed by atoms with Crippen LogP contribution in [0.5, 0.6) is 0 Å². The highest BCUT2D eigenvalue weighted by molar-refractivity contribution is 6.15. The standard InChI is InChI=1S/C17H14N2O/c1-11-7-8-13(10-15(11)18)17(20)14-6-2-4-12-5-3-9-19-16(12)14/h2-10H,18H2,1H3. The number of benzene rings is 2. The minimum absolute atomic E-state index is 0.0546. The maximum atomic E-state index is 12.6. The van der Waals surface area contributed by atoms with E-state index in [1.54, 1.807) is 24.4 Å². The van der Waals surface area contributed by atoms with Gasteiger partial charge in [-0.05, 0) is 30.7 Å². The van der Waals surface area contributed by atoms with Gasteiger partial charge in [0.2, 0.25) is 0 Å². The van der Waals surface area contributed by atoms with Crippen molar-refractivity contribution >= 4 is 22.4 Å². The second-order valence-electron chi connectivity index (χ2n) is 4.78. The Balaban J connectivity index is 2.15. The van der Waals surface area contributed by atoms with Crippen molar-refractivity contribution in [3.63, 3.8) is 0 Å². The van der Waals surface area contributed by atoms with Gasteiger partial charge >= 0.3 is 0 Å². The van der Waals surface area contributed by atoms with Crippen molar-refractivity contribution in [2.45, 2.75) is 6.92 Å². The average Bonchev–Trinajstić information content (AvgIpc) is 2.49. The number of para-hydroxylation sites is 1. The molecule has 0 fully saturated rings. The van der Waals surface area contributed by atoms with E-state index in [1.165, 1.54) is 0 Å². The highest BCUT2D eigenvalue weighted by atomic mass is 16.1. The van der Waals surface area contributed by atoms with Gasteiger partial charge in [-0.25, -0.2) is 0 Å². The summed E-state index contributed by atoms with van der Waals surface area (Å²) in [5.74, 6) is -0.0546. The van der Waals surface area contributed by atoms with Crippen LogP contribution in [0.15, 0.2) is 54.7 Å². The van der Waals surface area contributed by atoms with Crippen molar-refractivity contribution in [2.75, 3.05) is 5.73 Å². The largest absolute Gasteiger partial charge is 0.398 e. The SMILES string of the molecule is Cc1ccc(C(=O)c2cccc3cccnc23)cc1N. The second-order valence-corrected chi connectivity index (χ2v) is 4.78. The van der Waals surface area contributed by atoms with Crippen molar-refractivity contribution in [3.05, 3.63) is 71.4 Å². The molecule has 0 aliphatic carbocycles. The second kappa shape index (κ2) is 4.78. The van der Waals surface area contributed by atoms with Crippen LogP contribution in [0, 0.1) is 6.92 Å². The molecular weight excluding hydrogens is 248 g/mol. The summed E-state index contributed by atoms with van der Waals surface area (Å²) in [5, 5.41) is 0.957. The van der Waals surface area contributed by atoms with E-state index < -0.39 is 0 Å². The summed E-state index contributed by atoms with van der Waals surface area (Å²) in [4.78, 5) is 16.9. The first-order valence-electron chi connectivity index (χ1n) is 6.41. The van der Waals surface area contributed by atoms with Gasteiger partial charge in [0.05, 0.1) is 5.52 Å². The summed E-state index contributed by atoms with van der Waals surface area (Å²) < 4.78 is 0. The summed E-state index contributed by atoms with van der Waals surface area (Å²) in [7, 11) is 0. The fraction of sp³-hybridized carbons (Fsp3) is 0.0588. The molecule has 0 radical (unpaired) electrons. The third kappa shape index (κ3) is 2.03. The molecule has 2 N–H and O–H groups in total. The summed E-state index contributed by atoms with van der Waals surface area (Å²) in [6.45, 7) is 1.92. The lowest BCUT2D eigenvalue weighted by Crippen LogP contribution is -2.04. The Kier molecular flexibility index (Phi) is 2.95. The number of anilines is 1. The predicted molar refractivity (Wildman–Crippen MR) is 80.8 cm³/mol. The Bertz CT molecular complexity index is 804. The molecule has 2 aromatic carbocycles. The molecule has 3 rings (SSSR count). The number of carbonyl (C=O) groups is 1. The maximum Gasteiger partial charge on any atom is 0.195 e. The van der Waals surface area contributed by atoms with Crippen LogP contribution in [-0.4, -0.2) is 10.8 Å². The first kappa shape index (κ1) is 12.4. The van der Waals surface area contributed by atoms with E-state index in [-0.39, 0.29) is 5.78 Å². The molecule has 0 saturated heterocycles. The number of fused-ring (bicyclic) bond motifs is 1. The molecule has 0 unspecified atom stereocenters.